The molecule has 11 nitrogen and oxygen atoms in total. The molecule has 0 heterocycles. The molecule has 1 saturated carbocycles. The van der Waals surface area contributed by atoms with E-state index >= 15 is 0 Å². The average molecular weight is 561 g/mol. The van der Waals surface area contributed by atoms with Gasteiger partial charge in [-0.25, -0.2) is 0 Å². The molecule has 0 saturated heterocycles. The summed E-state index contributed by atoms with van der Waals surface area (Å²) in [5, 5.41) is 19.3. The molecule has 1 aliphatic rings. The standard InChI is InChI=1S/C9H9NO2.C9H10O3.C6H13N.C5H12N2O2/c1-7(12)10-9-4-2-8(6-11)3-5-9;1-12-8-4-2-7(3-5-8)6-9(10)11;7-6-4-2-1-3-5-6;6-3-1-2-4(7)5(8)9/h2-6H,1H3,(H,10,12);2-5H,6H2,1H3,(H,10,11);6H,1-5,7H2;4H,1-3,6-7H2,(H,8,9)/t;;;4-/m...0/s1. The highest BCUT2D eigenvalue weighted by Crippen LogP contribution is 2.15. The number of benzene rings is 2. The third-order valence-corrected chi connectivity index (χ3v) is 5.57. The Kier molecular flexibility index (Phi) is 20.0. The molecule has 0 radical (unpaired) electrons. The molecule has 2 aromatic carbocycles. The minimum atomic E-state index is -0.955. The minimum Gasteiger partial charge on any atom is -0.497 e. The first-order valence-corrected chi connectivity index (χ1v) is 13.1. The van der Waals surface area contributed by atoms with Gasteiger partial charge in [0.05, 0.1) is 13.5 Å². The maximum absolute atomic E-state index is 10.6. The molecular formula is C29H44N4O7. The largest absolute Gasteiger partial charge is 0.497 e. The third-order valence-electron chi connectivity index (χ3n) is 5.57. The molecule has 0 bridgehead atoms. The monoisotopic (exact) mass is 560 g/mol. The predicted molar refractivity (Wildman–Crippen MR) is 155 cm³/mol. The van der Waals surface area contributed by atoms with Gasteiger partial charge in [-0.1, -0.05) is 31.4 Å². The zero-order valence-electron chi connectivity index (χ0n) is 23.4. The van der Waals surface area contributed by atoms with Crippen LogP contribution in [0.1, 0.15) is 67.8 Å². The number of aldehydes is 1. The summed E-state index contributed by atoms with van der Waals surface area (Å²) in [7, 11) is 1.58. The van der Waals surface area contributed by atoms with E-state index in [9.17, 15) is 19.2 Å². The van der Waals surface area contributed by atoms with E-state index in [4.69, 9.17) is 32.2 Å². The van der Waals surface area contributed by atoms with Gasteiger partial charge in [-0.15, -0.1) is 0 Å². The number of carboxylic acids is 2. The average Bonchev–Trinajstić information content (AvgIpc) is 2.93. The van der Waals surface area contributed by atoms with Crippen molar-refractivity contribution in [2.24, 2.45) is 17.2 Å². The lowest BCUT2D eigenvalue weighted by Crippen LogP contribution is -2.30. The van der Waals surface area contributed by atoms with Gasteiger partial charge in [0.2, 0.25) is 5.91 Å². The SMILES string of the molecule is CC(=O)Nc1ccc(C=O)cc1.COc1ccc(CC(=O)O)cc1.NC1CCCCC1.NCCC[C@H](N)C(=O)O. The van der Waals surface area contributed by atoms with Crippen LogP contribution in [0.5, 0.6) is 5.75 Å². The van der Waals surface area contributed by atoms with E-state index < -0.39 is 18.0 Å². The summed E-state index contributed by atoms with van der Waals surface area (Å²) in [5.74, 6) is -1.15. The zero-order valence-corrected chi connectivity index (χ0v) is 23.4. The number of carbonyl (C=O) groups is 4. The van der Waals surface area contributed by atoms with Gasteiger partial charge in [0.1, 0.15) is 18.1 Å². The number of nitrogens with two attached hydrogens (primary N) is 3. The molecule has 2 aromatic rings. The summed E-state index contributed by atoms with van der Waals surface area (Å²) in [6.07, 6.45) is 8.62. The molecule has 1 aliphatic carbocycles. The van der Waals surface area contributed by atoms with Gasteiger partial charge in [-0.05, 0) is 74.2 Å². The summed E-state index contributed by atoms with van der Waals surface area (Å²) >= 11 is 0. The molecule has 0 aromatic heterocycles. The van der Waals surface area contributed by atoms with E-state index in [0.717, 1.165) is 17.6 Å². The Bertz CT molecular complexity index is 992. The summed E-state index contributed by atoms with van der Waals surface area (Å²) in [6, 6.07) is 13.4. The lowest BCUT2D eigenvalue weighted by Gasteiger charge is -2.15. The van der Waals surface area contributed by atoms with Gasteiger partial charge in [0, 0.05) is 24.2 Å². The molecule has 40 heavy (non-hydrogen) atoms. The number of hydrogen-bond donors (Lipinski definition) is 6. The Labute approximate surface area is 236 Å². The van der Waals surface area contributed by atoms with Gasteiger partial charge in [-0.2, -0.15) is 0 Å². The minimum absolute atomic E-state index is 0.0595. The number of carbonyl (C=O) groups excluding carboxylic acids is 2. The number of hydrogen-bond acceptors (Lipinski definition) is 8. The maximum atomic E-state index is 10.6. The number of aliphatic carboxylic acids is 2. The fourth-order valence-corrected chi connectivity index (χ4v) is 3.36. The summed E-state index contributed by atoms with van der Waals surface area (Å²) < 4.78 is 4.93. The molecule has 11 heteroatoms. The molecule has 9 N–H and O–H groups in total. The fraction of sp³-hybridized carbons (Fsp3) is 0.448. The summed E-state index contributed by atoms with van der Waals surface area (Å²) in [6.45, 7) is 1.94. The lowest BCUT2D eigenvalue weighted by molar-refractivity contribution is -0.139. The van der Waals surface area contributed by atoms with Gasteiger partial charge in [0.25, 0.3) is 0 Å². The Balaban J connectivity index is 0.000000518. The van der Waals surface area contributed by atoms with Crippen molar-refractivity contribution in [3.8, 4) is 5.75 Å². The zero-order chi connectivity index (χ0) is 30.3. The normalized spacial score (nSPS) is 12.9. The van der Waals surface area contributed by atoms with Gasteiger partial charge in [0.15, 0.2) is 0 Å². The van der Waals surface area contributed by atoms with Crippen molar-refractivity contribution in [1.29, 1.82) is 0 Å². The van der Waals surface area contributed by atoms with Crippen molar-refractivity contribution in [3.05, 3.63) is 59.7 Å². The second-order valence-corrected chi connectivity index (χ2v) is 9.11. The highest BCUT2D eigenvalue weighted by Gasteiger charge is 2.09. The van der Waals surface area contributed by atoms with E-state index in [1.165, 1.54) is 39.0 Å². The second-order valence-electron chi connectivity index (χ2n) is 9.11. The fourth-order valence-electron chi connectivity index (χ4n) is 3.36. The Morgan fingerprint density at radius 2 is 1.60 bits per heavy atom. The van der Waals surface area contributed by atoms with Crippen LogP contribution in [0.25, 0.3) is 0 Å². The molecule has 0 unspecified atom stereocenters. The molecule has 1 fully saturated rings. The summed E-state index contributed by atoms with van der Waals surface area (Å²) in [4.78, 5) is 41.2. The van der Waals surface area contributed by atoms with Crippen molar-refractivity contribution < 1.29 is 34.1 Å². The number of rotatable bonds is 9. The Hall–Kier alpha value is -3.80. The van der Waals surface area contributed by atoms with E-state index in [1.54, 1.807) is 55.6 Å². The van der Waals surface area contributed by atoms with Gasteiger partial charge < -0.3 is 37.5 Å². The van der Waals surface area contributed by atoms with Crippen molar-refractivity contribution >= 4 is 29.8 Å². The molecule has 222 valence electrons. The molecule has 0 spiro atoms. The molecular weight excluding hydrogens is 516 g/mol. The van der Waals surface area contributed by atoms with Crippen LogP contribution in [0.4, 0.5) is 5.69 Å². The molecule has 1 atom stereocenters. The van der Waals surface area contributed by atoms with Crippen LogP contribution in [0, 0.1) is 0 Å². The molecule has 1 amide bonds. The van der Waals surface area contributed by atoms with Crippen LogP contribution < -0.4 is 27.3 Å². The highest BCUT2D eigenvalue weighted by molar-refractivity contribution is 5.89. The lowest BCUT2D eigenvalue weighted by atomic mass is 9.97. The van der Waals surface area contributed by atoms with Crippen molar-refractivity contribution in [1.82, 2.24) is 0 Å². The van der Waals surface area contributed by atoms with E-state index in [1.807, 2.05) is 0 Å². The van der Waals surface area contributed by atoms with Crippen molar-refractivity contribution in [2.75, 3.05) is 19.0 Å². The smallest absolute Gasteiger partial charge is 0.320 e. The first kappa shape index (κ1) is 36.2. The molecule has 0 aliphatic heterocycles. The van der Waals surface area contributed by atoms with Crippen LogP contribution in [0.2, 0.25) is 0 Å². The Morgan fingerprint density at radius 1 is 1.02 bits per heavy atom. The van der Waals surface area contributed by atoms with Crippen LogP contribution in [-0.4, -0.2) is 60.1 Å². The Morgan fingerprint density at radius 3 is 1.98 bits per heavy atom. The highest BCUT2D eigenvalue weighted by atomic mass is 16.5. The number of ether oxygens (including phenoxy) is 1. The number of methoxy groups -OCH3 is 1. The van der Waals surface area contributed by atoms with Crippen LogP contribution in [-0.2, 0) is 20.8 Å². The van der Waals surface area contributed by atoms with E-state index in [-0.39, 0.29) is 12.3 Å². The van der Waals surface area contributed by atoms with Crippen molar-refractivity contribution in [3.63, 3.8) is 0 Å². The van der Waals surface area contributed by atoms with E-state index in [0.29, 0.717) is 36.7 Å². The van der Waals surface area contributed by atoms with Crippen molar-refractivity contribution in [2.45, 2.75) is 70.4 Å². The van der Waals surface area contributed by atoms with Crippen LogP contribution in [0.15, 0.2) is 48.5 Å². The van der Waals surface area contributed by atoms with Gasteiger partial charge in [-0.3, -0.25) is 19.2 Å². The summed E-state index contributed by atoms with van der Waals surface area (Å²) in [5.41, 5.74) is 18.0. The van der Waals surface area contributed by atoms with E-state index in [2.05, 4.69) is 5.32 Å². The number of amides is 1. The number of carboxylic acid groups (broad SMARTS) is 2. The quantitative estimate of drug-likeness (QED) is 0.247. The van der Waals surface area contributed by atoms with Crippen LogP contribution in [0.3, 0.4) is 0 Å². The first-order valence-electron chi connectivity index (χ1n) is 13.1. The molecule has 3 rings (SSSR count). The third kappa shape index (κ3) is 19.3. The topological polar surface area (TPSA) is 208 Å². The van der Waals surface area contributed by atoms with Crippen LogP contribution >= 0.6 is 0 Å². The van der Waals surface area contributed by atoms with Gasteiger partial charge >= 0.3 is 11.9 Å². The number of anilines is 1. The number of nitrogens with one attached hydrogen (secondary N) is 1. The second kappa shape index (κ2) is 22.1. The first-order chi connectivity index (χ1) is 19.0. The maximum Gasteiger partial charge on any atom is 0.320 e. The predicted octanol–water partition coefficient (Wildman–Crippen LogP) is 3.19.